The van der Waals surface area contributed by atoms with Crippen molar-refractivity contribution in [1.82, 2.24) is 9.55 Å². The lowest BCUT2D eigenvalue weighted by molar-refractivity contribution is -0.0402. The third-order valence-electron chi connectivity index (χ3n) is 3.85. The average Bonchev–Trinajstić information content (AvgIpc) is 2.73. The van der Waals surface area contributed by atoms with Crippen LogP contribution < -0.4 is 11.2 Å². The summed E-state index contributed by atoms with van der Waals surface area (Å²) in [6.07, 6.45) is 4.04. The first kappa shape index (κ1) is 17.9. The topological polar surface area (TPSA) is 105 Å². The van der Waals surface area contributed by atoms with E-state index in [-0.39, 0.29) is 5.56 Å². The standard InChI is InChI=1S/C15H23N2O5P/c1-5-9-8-17(15(21)16-13(9)20)14-12(19)11(18)10(22-14)6-7-23(2,3)4/h5,8,10-12,14,18-19H,1-2,6-7H2,3-4H3,(H,16,20,21)/t10-,11-,12-,14-/m1/s1. The van der Waals surface area contributed by atoms with Crippen molar-refractivity contribution in [3.8, 4) is 0 Å². The lowest BCUT2D eigenvalue weighted by Crippen LogP contribution is -2.38. The zero-order valence-corrected chi connectivity index (χ0v) is 14.2. The zero-order valence-electron chi connectivity index (χ0n) is 13.3. The Balaban J connectivity index is 2.28. The summed E-state index contributed by atoms with van der Waals surface area (Å²) in [7, 11) is 0. The van der Waals surface area contributed by atoms with Gasteiger partial charge in [0.05, 0.1) is 11.7 Å². The van der Waals surface area contributed by atoms with Crippen LogP contribution in [-0.4, -0.2) is 63.9 Å². The highest BCUT2D eigenvalue weighted by Crippen LogP contribution is 2.39. The maximum absolute atomic E-state index is 12.0. The van der Waals surface area contributed by atoms with Crippen molar-refractivity contribution >= 4 is 19.3 Å². The Morgan fingerprint density at radius 1 is 1.39 bits per heavy atom. The van der Waals surface area contributed by atoms with E-state index in [9.17, 15) is 19.8 Å². The first-order valence-electron chi connectivity index (χ1n) is 7.31. The van der Waals surface area contributed by atoms with Gasteiger partial charge in [0.25, 0.3) is 5.56 Å². The van der Waals surface area contributed by atoms with Crippen LogP contribution in [0.25, 0.3) is 6.08 Å². The summed E-state index contributed by atoms with van der Waals surface area (Å²) in [5.74, 6) is 0. The smallest absolute Gasteiger partial charge is 0.330 e. The van der Waals surface area contributed by atoms with Crippen molar-refractivity contribution in [2.24, 2.45) is 0 Å². The number of aromatic amines is 1. The van der Waals surface area contributed by atoms with Gasteiger partial charge in [-0.15, -0.1) is 13.2 Å². The van der Waals surface area contributed by atoms with Crippen LogP contribution in [0.15, 0.2) is 22.4 Å². The summed E-state index contributed by atoms with van der Waals surface area (Å²) in [5, 5.41) is 20.4. The van der Waals surface area contributed by atoms with Gasteiger partial charge in [-0.05, 0) is 25.9 Å². The highest BCUT2D eigenvalue weighted by Gasteiger charge is 2.43. The maximum Gasteiger partial charge on any atom is 0.330 e. The number of hydrogen-bond donors (Lipinski definition) is 3. The van der Waals surface area contributed by atoms with Gasteiger partial charge < -0.3 is 14.9 Å². The van der Waals surface area contributed by atoms with Gasteiger partial charge in [-0.2, -0.15) is 0 Å². The molecular formula is C15H23N2O5P. The van der Waals surface area contributed by atoms with Gasteiger partial charge in [0, 0.05) is 6.20 Å². The van der Waals surface area contributed by atoms with E-state index in [0.29, 0.717) is 6.42 Å². The van der Waals surface area contributed by atoms with Gasteiger partial charge in [0.15, 0.2) is 6.23 Å². The Morgan fingerprint density at radius 3 is 2.61 bits per heavy atom. The lowest BCUT2D eigenvalue weighted by Gasteiger charge is -2.19. The van der Waals surface area contributed by atoms with Crippen LogP contribution in [0.3, 0.4) is 0 Å². The molecule has 0 spiro atoms. The van der Waals surface area contributed by atoms with E-state index in [1.165, 1.54) is 12.3 Å². The van der Waals surface area contributed by atoms with Crippen LogP contribution in [0.4, 0.5) is 0 Å². The van der Waals surface area contributed by atoms with Crippen molar-refractivity contribution in [3.05, 3.63) is 39.2 Å². The van der Waals surface area contributed by atoms with Crippen LogP contribution in [0.2, 0.25) is 0 Å². The number of hydrogen-bond acceptors (Lipinski definition) is 5. The number of aliphatic hydroxyl groups is 2. The molecule has 0 aliphatic carbocycles. The molecule has 1 aliphatic heterocycles. The number of nitrogens with zero attached hydrogens (tertiary/aromatic N) is 1. The molecule has 0 amide bonds. The molecule has 1 aromatic heterocycles. The fourth-order valence-electron chi connectivity index (χ4n) is 2.51. The number of rotatable bonds is 5. The summed E-state index contributed by atoms with van der Waals surface area (Å²) in [4.78, 5) is 25.7. The van der Waals surface area contributed by atoms with Crippen molar-refractivity contribution in [2.45, 2.75) is 31.0 Å². The molecule has 1 aromatic rings. The first-order valence-corrected chi connectivity index (χ1v) is 10.4. The molecular weight excluding hydrogens is 319 g/mol. The second kappa shape index (κ2) is 6.61. The monoisotopic (exact) mass is 342 g/mol. The molecule has 7 nitrogen and oxygen atoms in total. The Bertz CT molecular complexity index is 747. The molecule has 1 saturated heterocycles. The minimum Gasteiger partial charge on any atom is -0.388 e. The molecule has 1 aliphatic rings. The molecule has 0 aromatic carbocycles. The summed E-state index contributed by atoms with van der Waals surface area (Å²) in [6.45, 7) is 6.37. The van der Waals surface area contributed by atoms with Gasteiger partial charge in [0.1, 0.15) is 12.2 Å². The largest absolute Gasteiger partial charge is 0.388 e. The molecule has 1 fully saturated rings. The average molecular weight is 342 g/mol. The van der Waals surface area contributed by atoms with Crippen LogP contribution in [0.5, 0.6) is 0 Å². The quantitative estimate of drug-likeness (QED) is 0.648. The van der Waals surface area contributed by atoms with Crippen molar-refractivity contribution < 1.29 is 14.9 Å². The fourth-order valence-corrected chi connectivity index (χ4v) is 3.46. The van der Waals surface area contributed by atoms with E-state index in [2.05, 4.69) is 31.2 Å². The van der Waals surface area contributed by atoms with Crippen molar-refractivity contribution in [2.75, 3.05) is 19.5 Å². The molecule has 8 heteroatoms. The van der Waals surface area contributed by atoms with Gasteiger partial charge in [0.2, 0.25) is 0 Å². The zero-order chi connectivity index (χ0) is 17.4. The second-order valence-electron chi connectivity index (χ2n) is 6.45. The Kier molecular flexibility index (Phi) is 5.16. The van der Waals surface area contributed by atoms with E-state index in [0.717, 1.165) is 10.7 Å². The molecule has 2 rings (SSSR count). The van der Waals surface area contributed by atoms with Gasteiger partial charge in [-0.25, -0.2) is 4.79 Å². The Labute approximate surface area is 134 Å². The maximum atomic E-state index is 12.0. The molecule has 0 bridgehead atoms. The van der Waals surface area contributed by atoms with Crippen molar-refractivity contribution in [1.29, 1.82) is 0 Å². The van der Waals surface area contributed by atoms with E-state index < -0.39 is 42.7 Å². The van der Waals surface area contributed by atoms with Crippen LogP contribution in [0, 0.1) is 0 Å². The predicted octanol–water partition coefficient (Wildman–Crippen LogP) is -0.102. The number of ether oxygens (including phenoxy) is 1. The number of aromatic nitrogens is 2. The minimum atomic E-state index is -1.29. The van der Waals surface area contributed by atoms with Crippen molar-refractivity contribution in [3.63, 3.8) is 0 Å². The predicted molar refractivity (Wildman–Crippen MR) is 92.7 cm³/mol. The Morgan fingerprint density at radius 2 is 2.04 bits per heavy atom. The number of H-pyrrole nitrogens is 1. The van der Waals surface area contributed by atoms with Crippen LogP contribution >= 0.6 is 6.89 Å². The van der Waals surface area contributed by atoms with E-state index >= 15 is 0 Å². The molecule has 0 unspecified atom stereocenters. The molecule has 0 radical (unpaired) electrons. The number of nitrogens with one attached hydrogen (secondary N) is 1. The lowest BCUT2D eigenvalue weighted by atomic mass is 10.1. The summed E-state index contributed by atoms with van der Waals surface area (Å²) in [5.41, 5.74) is -1.08. The normalized spacial score (nSPS) is 28.0. The van der Waals surface area contributed by atoms with E-state index in [1.54, 1.807) is 0 Å². The van der Waals surface area contributed by atoms with E-state index in [4.69, 9.17) is 4.74 Å². The third kappa shape index (κ3) is 3.93. The molecule has 3 N–H and O–H groups in total. The molecule has 128 valence electrons. The summed E-state index contributed by atoms with van der Waals surface area (Å²) < 4.78 is 6.76. The van der Waals surface area contributed by atoms with Crippen LogP contribution in [-0.2, 0) is 4.74 Å². The van der Waals surface area contributed by atoms with Crippen LogP contribution in [0.1, 0.15) is 18.2 Å². The fraction of sp³-hybridized carbons (Fsp3) is 0.533. The number of aliphatic hydroxyl groups excluding tert-OH is 2. The second-order valence-corrected chi connectivity index (χ2v) is 10.8. The van der Waals surface area contributed by atoms with E-state index in [1.807, 2.05) is 0 Å². The summed E-state index contributed by atoms with van der Waals surface area (Å²) >= 11 is 0. The molecule has 23 heavy (non-hydrogen) atoms. The highest BCUT2D eigenvalue weighted by molar-refractivity contribution is 7.72. The van der Waals surface area contributed by atoms with Gasteiger partial charge >= 0.3 is 5.69 Å². The first-order chi connectivity index (χ1) is 10.6. The summed E-state index contributed by atoms with van der Waals surface area (Å²) in [6, 6.07) is 0. The highest BCUT2D eigenvalue weighted by atomic mass is 31.2. The van der Waals surface area contributed by atoms with Gasteiger partial charge in [-0.3, -0.25) is 14.3 Å². The molecule has 0 saturated carbocycles. The molecule has 4 atom stereocenters. The SMILES string of the molecule is C=Cc1cn([C@@H]2O[C@H](CCP(=C)(C)C)[C@@H](O)[C@H]2O)c(=O)[nH]c1=O. The minimum absolute atomic E-state index is 0.183. The third-order valence-corrected chi connectivity index (χ3v) is 5.31. The van der Waals surface area contributed by atoms with Gasteiger partial charge in [-0.1, -0.05) is 12.7 Å². The Hall–Kier alpha value is -1.40. The molecule has 2 heterocycles.